The minimum atomic E-state index is 0.232. The van der Waals surface area contributed by atoms with Crippen molar-refractivity contribution in [2.24, 2.45) is 9.98 Å². The number of hydrogen-bond donors (Lipinski definition) is 2. The van der Waals surface area contributed by atoms with Gasteiger partial charge in [-0.1, -0.05) is 12.1 Å². The quantitative estimate of drug-likeness (QED) is 0.829. The average Bonchev–Trinajstić information content (AvgIpc) is 2.85. The van der Waals surface area contributed by atoms with Gasteiger partial charge in [0.2, 0.25) is 0 Å². The molecule has 18 heavy (non-hydrogen) atoms. The van der Waals surface area contributed by atoms with Gasteiger partial charge in [-0.3, -0.25) is 4.99 Å². The van der Waals surface area contributed by atoms with E-state index in [1.165, 1.54) is 6.34 Å². The third kappa shape index (κ3) is 1.95. The molecule has 0 fully saturated rings. The lowest BCUT2D eigenvalue weighted by molar-refractivity contribution is 0.474. The number of phenols is 1. The van der Waals surface area contributed by atoms with Crippen molar-refractivity contribution in [3.8, 4) is 5.75 Å². The maximum atomic E-state index is 9.36. The molecule has 0 saturated carbocycles. The Balaban J connectivity index is 1.85. The number of imidazole rings is 1. The number of aromatic amines is 1. The first-order chi connectivity index (χ1) is 8.83. The van der Waals surface area contributed by atoms with Gasteiger partial charge in [0.15, 0.2) is 17.3 Å². The van der Waals surface area contributed by atoms with E-state index in [-0.39, 0.29) is 5.75 Å². The van der Waals surface area contributed by atoms with Gasteiger partial charge < -0.3 is 10.1 Å². The highest BCUT2D eigenvalue weighted by atomic mass is 16.3. The number of H-pyrrole nitrogens is 1. The Morgan fingerprint density at radius 1 is 1.33 bits per heavy atom. The average molecular weight is 240 g/mol. The van der Waals surface area contributed by atoms with E-state index in [0.717, 1.165) is 5.56 Å². The summed E-state index contributed by atoms with van der Waals surface area (Å²) in [5.41, 5.74) is 1.56. The number of benzene rings is 1. The summed E-state index contributed by atoms with van der Waals surface area (Å²) in [5, 5.41) is 13.4. The van der Waals surface area contributed by atoms with Crippen LogP contribution in [0, 0.1) is 0 Å². The molecular formula is C12H10N5O. The number of aliphatic imine (C=N–C) groups is 2. The number of fused-ring (bicyclic) bond motifs is 1. The molecule has 3 rings (SSSR count). The number of rotatable bonds is 2. The Kier molecular flexibility index (Phi) is 2.53. The highest BCUT2D eigenvalue weighted by Gasteiger charge is 2.15. The number of nitrogens with one attached hydrogen (secondary N) is 1. The van der Waals surface area contributed by atoms with Crippen LogP contribution in [0.4, 0.5) is 5.82 Å². The van der Waals surface area contributed by atoms with E-state index < -0.39 is 0 Å². The summed E-state index contributed by atoms with van der Waals surface area (Å²) in [6.45, 7) is 0.438. The van der Waals surface area contributed by atoms with Gasteiger partial charge >= 0.3 is 0 Å². The molecule has 1 aliphatic heterocycles. The molecule has 0 spiro atoms. The zero-order valence-electron chi connectivity index (χ0n) is 9.41. The van der Waals surface area contributed by atoms with Crippen molar-refractivity contribution in [3.63, 3.8) is 0 Å². The van der Waals surface area contributed by atoms with Crippen LogP contribution in [0.2, 0.25) is 0 Å². The Morgan fingerprint density at radius 3 is 3.17 bits per heavy atom. The Bertz CT molecular complexity index is 629. The minimum absolute atomic E-state index is 0.232. The highest BCUT2D eigenvalue weighted by Crippen LogP contribution is 2.16. The third-order valence-corrected chi connectivity index (χ3v) is 2.52. The summed E-state index contributed by atoms with van der Waals surface area (Å²) < 4.78 is 0. The topological polar surface area (TPSA) is 87.7 Å². The van der Waals surface area contributed by atoms with Crippen LogP contribution in [-0.2, 0) is 6.54 Å². The monoisotopic (exact) mass is 240 g/mol. The maximum Gasteiger partial charge on any atom is 0.179 e. The second kappa shape index (κ2) is 4.33. The fourth-order valence-electron chi connectivity index (χ4n) is 1.69. The van der Waals surface area contributed by atoms with E-state index >= 15 is 0 Å². The molecule has 0 bridgehead atoms. The first-order valence-electron chi connectivity index (χ1n) is 5.42. The normalized spacial score (nSPS) is 15.4. The molecule has 0 atom stereocenters. The van der Waals surface area contributed by atoms with Crippen LogP contribution in [0.3, 0.4) is 0 Å². The van der Waals surface area contributed by atoms with Gasteiger partial charge in [0.05, 0.1) is 12.9 Å². The standard InChI is InChI=1S/C12H10N5O/c18-9-3-1-2-8(4-9)5-13-11-10-12(15-6-14-10)17-7-16-11/h1-4,6-7,18H,5H2,(H,14,15). The van der Waals surface area contributed by atoms with E-state index in [1.54, 1.807) is 24.5 Å². The van der Waals surface area contributed by atoms with Crippen LogP contribution in [0.25, 0.3) is 0 Å². The van der Waals surface area contributed by atoms with Crippen molar-refractivity contribution in [1.29, 1.82) is 0 Å². The van der Waals surface area contributed by atoms with E-state index in [0.29, 0.717) is 23.9 Å². The van der Waals surface area contributed by atoms with Crippen molar-refractivity contribution < 1.29 is 5.11 Å². The zero-order valence-corrected chi connectivity index (χ0v) is 9.41. The predicted octanol–water partition coefficient (Wildman–Crippen LogP) is 1.34. The molecule has 1 aliphatic rings. The van der Waals surface area contributed by atoms with Crippen LogP contribution < -0.4 is 5.32 Å². The molecule has 6 heteroatoms. The fraction of sp³-hybridized carbons (Fsp3) is 0.0833. The molecule has 6 nitrogen and oxygen atoms in total. The van der Waals surface area contributed by atoms with Crippen LogP contribution in [0.1, 0.15) is 11.3 Å². The predicted molar refractivity (Wildman–Crippen MR) is 67.2 cm³/mol. The van der Waals surface area contributed by atoms with E-state index in [9.17, 15) is 5.11 Å². The summed E-state index contributed by atoms with van der Waals surface area (Å²) >= 11 is 0. The van der Waals surface area contributed by atoms with E-state index in [1.807, 2.05) is 6.07 Å². The largest absolute Gasteiger partial charge is 0.508 e. The van der Waals surface area contributed by atoms with Crippen LogP contribution >= 0.6 is 0 Å². The van der Waals surface area contributed by atoms with Gasteiger partial charge in [0.1, 0.15) is 12.1 Å². The third-order valence-electron chi connectivity index (χ3n) is 2.52. The van der Waals surface area contributed by atoms with E-state index in [2.05, 4.69) is 25.3 Å². The lowest BCUT2D eigenvalue weighted by Crippen LogP contribution is -2.11. The number of aromatic nitrogens is 2. The maximum absolute atomic E-state index is 9.36. The summed E-state index contributed by atoms with van der Waals surface area (Å²) in [6, 6.07) is 6.98. The Labute approximate surface area is 103 Å². The molecule has 2 N–H and O–H groups in total. The molecule has 0 aliphatic carbocycles. The SMILES string of the molecule is Oc1cccc(CN=C2N=C[N]c3[nH]cnc32)c1. The van der Waals surface area contributed by atoms with Gasteiger partial charge in [-0.2, -0.15) is 0 Å². The summed E-state index contributed by atoms with van der Waals surface area (Å²) in [5.74, 6) is 1.44. The van der Waals surface area contributed by atoms with Crippen LogP contribution in [0.15, 0.2) is 40.6 Å². The van der Waals surface area contributed by atoms with Gasteiger partial charge in [-0.05, 0) is 17.7 Å². The first-order valence-corrected chi connectivity index (χ1v) is 5.42. The van der Waals surface area contributed by atoms with Crippen molar-refractivity contribution in [3.05, 3.63) is 41.9 Å². The summed E-state index contributed by atoms with van der Waals surface area (Å²) in [7, 11) is 0. The molecule has 0 unspecified atom stereocenters. The van der Waals surface area contributed by atoms with Crippen molar-refractivity contribution in [1.82, 2.24) is 15.3 Å². The number of amidine groups is 1. The highest BCUT2D eigenvalue weighted by molar-refractivity contribution is 6.07. The minimum Gasteiger partial charge on any atom is -0.508 e. The molecule has 1 radical (unpaired) electrons. The zero-order chi connectivity index (χ0) is 12.4. The second-order valence-corrected chi connectivity index (χ2v) is 3.78. The lowest BCUT2D eigenvalue weighted by Gasteiger charge is -2.05. The lowest BCUT2D eigenvalue weighted by atomic mass is 10.2. The van der Waals surface area contributed by atoms with Crippen molar-refractivity contribution >= 4 is 18.0 Å². The van der Waals surface area contributed by atoms with Gasteiger partial charge in [0, 0.05) is 0 Å². The summed E-state index contributed by atoms with van der Waals surface area (Å²) in [4.78, 5) is 15.5. The molecule has 0 amide bonds. The number of hydrogen-bond acceptors (Lipinski definition) is 3. The Morgan fingerprint density at radius 2 is 2.28 bits per heavy atom. The molecule has 0 saturated heterocycles. The van der Waals surface area contributed by atoms with Gasteiger partial charge in [0.25, 0.3) is 0 Å². The number of aromatic hydroxyl groups is 1. The smallest absolute Gasteiger partial charge is 0.179 e. The number of nitrogens with zero attached hydrogens (tertiary/aromatic N) is 4. The van der Waals surface area contributed by atoms with Crippen molar-refractivity contribution in [2.45, 2.75) is 6.54 Å². The first kappa shape index (κ1) is 10.5. The summed E-state index contributed by atoms with van der Waals surface area (Å²) in [6.07, 6.45) is 3.01. The second-order valence-electron chi connectivity index (χ2n) is 3.78. The number of phenolic OH excluding ortho intramolecular Hbond substituents is 1. The van der Waals surface area contributed by atoms with Crippen molar-refractivity contribution in [2.75, 3.05) is 0 Å². The molecule has 1 aromatic heterocycles. The molecular weight excluding hydrogens is 230 g/mol. The van der Waals surface area contributed by atoms with Crippen LogP contribution in [0.5, 0.6) is 5.75 Å². The Hall–Kier alpha value is -2.63. The molecule has 89 valence electrons. The van der Waals surface area contributed by atoms with Gasteiger partial charge in [-0.25, -0.2) is 15.3 Å². The fourth-order valence-corrected chi connectivity index (χ4v) is 1.69. The molecule has 2 heterocycles. The van der Waals surface area contributed by atoms with Gasteiger partial charge in [-0.15, -0.1) is 0 Å². The van der Waals surface area contributed by atoms with Crippen LogP contribution in [-0.4, -0.2) is 27.2 Å². The molecule has 2 aromatic rings. The van der Waals surface area contributed by atoms with E-state index in [4.69, 9.17) is 0 Å². The molecule has 1 aromatic carbocycles.